The van der Waals surface area contributed by atoms with Crippen molar-refractivity contribution in [1.29, 1.82) is 0 Å². The molecule has 0 aliphatic heterocycles. The van der Waals surface area contributed by atoms with Gasteiger partial charge in [0.05, 0.1) is 18.6 Å². The van der Waals surface area contributed by atoms with Gasteiger partial charge in [0.1, 0.15) is 5.82 Å². The average molecular weight is 264 g/mol. The molecule has 0 spiro atoms. The summed E-state index contributed by atoms with van der Waals surface area (Å²) in [5.74, 6) is -0.187. The van der Waals surface area contributed by atoms with Crippen molar-refractivity contribution in [2.75, 3.05) is 7.11 Å². The van der Waals surface area contributed by atoms with Gasteiger partial charge in [-0.1, -0.05) is 12.8 Å². The molecule has 2 rings (SSSR count). The van der Waals surface area contributed by atoms with Crippen molar-refractivity contribution < 1.29 is 14.6 Å². The van der Waals surface area contributed by atoms with Crippen LogP contribution in [0.2, 0.25) is 0 Å². The Balaban J connectivity index is 2.49. The number of carboxylic acid groups (broad SMARTS) is 1. The summed E-state index contributed by atoms with van der Waals surface area (Å²) in [5, 5.41) is 9.59. The molecule has 104 valence electrons. The SMILES string of the molecule is COc1nc(C)nc(C)c1C(C(=O)O)C1CCCC1. The van der Waals surface area contributed by atoms with E-state index in [1.807, 2.05) is 6.92 Å². The Morgan fingerprint density at radius 2 is 1.95 bits per heavy atom. The van der Waals surface area contributed by atoms with Gasteiger partial charge in [-0.15, -0.1) is 0 Å². The van der Waals surface area contributed by atoms with E-state index in [0.717, 1.165) is 25.7 Å². The molecule has 1 aliphatic carbocycles. The molecule has 1 saturated carbocycles. The molecule has 1 aromatic heterocycles. The zero-order chi connectivity index (χ0) is 14.0. The van der Waals surface area contributed by atoms with Gasteiger partial charge in [0.2, 0.25) is 5.88 Å². The van der Waals surface area contributed by atoms with Gasteiger partial charge < -0.3 is 9.84 Å². The van der Waals surface area contributed by atoms with Crippen LogP contribution in [-0.2, 0) is 4.79 Å². The van der Waals surface area contributed by atoms with E-state index < -0.39 is 11.9 Å². The lowest BCUT2D eigenvalue weighted by atomic mass is 9.84. The molecule has 0 aromatic carbocycles. The van der Waals surface area contributed by atoms with Crippen LogP contribution in [0.1, 0.15) is 48.7 Å². The quantitative estimate of drug-likeness (QED) is 0.904. The van der Waals surface area contributed by atoms with Crippen molar-refractivity contribution in [2.45, 2.75) is 45.4 Å². The van der Waals surface area contributed by atoms with Crippen molar-refractivity contribution in [3.05, 3.63) is 17.1 Å². The molecule has 19 heavy (non-hydrogen) atoms. The predicted octanol–water partition coefficient (Wildman–Crippen LogP) is 2.46. The molecular weight excluding hydrogens is 244 g/mol. The maximum absolute atomic E-state index is 11.7. The molecule has 5 heteroatoms. The van der Waals surface area contributed by atoms with Crippen LogP contribution in [0.15, 0.2) is 0 Å². The second kappa shape index (κ2) is 5.55. The van der Waals surface area contributed by atoms with E-state index in [4.69, 9.17) is 4.74 Å². The van der Waals surface area contributed by atoms with E-state index in [0.29, 0.717) is 23.0 Å². The van der Waals surface area contributed by atoms with Gasteiger partial charge in [-0.3, -0.25) is 4.79 Å². The lowest BCUT2D eigenvalue weighted by Crippen LogP contribution is -2.22. The first-order valence-corrected chi connectivity index (χ1v) is 6.66. The first kappa shape index (κ1) is 13.8. The minimum absolute atomic E-state index is 0.163. The number of ether oxygens (including phenoxy) is 1. The molecule has 1 atom stereocenters. The third-order valence-corrected chi connectivity index (χ3v) is 3.85. The maximum Gasteiger partial charge on any atom is 0.311 e. The number of rotatable bonds is 4. The summed E-state index contributed by atoms with van der Waals surface area (Å²) in [4.78, 5) is 20.2. The third-order valence-electron chi connectivity index (χ3n) is 3.85. The fourth-order valence-corrected chi connectivity index (χ4v) is 3.06. The van der Waals surface area contributed by atoms with Crippen LogP contribution in [0.25, 0.3) is 0 Å². The second-order valence-electron chi connectivity index (χ2n) is 5.14. The lowest BCUT2D eigenvalue weighted by Gasteiger charge is -2.22. The largest absolute Gasteiger partial charge is 0.481 e. The highest BCUT2D eigenvalue weighted by molar-refractivity contribution is 5.77. The second-order valence-corrected chi connectivity index (χ2v) is 5.14. The lowest BCUT2D eigenvalue weighted by molar-refractivity contribution is -0.140. The van der Waals surface area contributed by atoms with Gasteiger partial charge in [0.15, 0.2) is 0 Å². The van der Waals surface area contributed by atoms with Gasteiger partial charge in [0, 0.05) is 5.69 Å². The molecule has 5 nitrogen and oxygen atoms in total. The van der Waals surface area contributed by atoms with Gasteiger partial charge >= 0.3 is 5.97 Å². The smallest absolute Gasteiger partial charge is 0.311 e. The summed E-state index contributed by atoms with van der Waals surface area (Å²) in [5.41, 5.74) is 1.36. The first-order valence-electron chi connectivity index (χ1n) is 6.66. The Kier molecular flexibility index (Phi) is 4.02. The molecule has 1 unspecified atom stereocenters. The predicted molar refractivity (Wildman–Crippen MR) is 70.4 cm³/mol. The van der Waals surface area contributed by atoms with Crippen molar-refractivity contribution in [3.8, 4) is 5.88 Å². The average Bonchev–Trinajstić information content (AvgIpc) is 2.85. The van der Waals surface area contributed by atoms with Crippen LogP contribution in [0.4, 0.5) is 0 Å². The summed E-state index contributed by atoms with van der Waals surface area (Å²) in [6.07, 6.45) is 4.10. The zero-order valence-electron chi connectivity index (χ0n) is 11.6. The standard InChI is InChI=1S/C14H20N2O3/c1-8-11(13(19-3)16-9(2)15-8)12(14(17)18)10-6-4-5-7-10/h10,12H,4-7H2,1-3H3,(H,17,18). The van der Waals surface area contributed by atoms with Crippen molar-refractivity contribution in [3.63, 3.8) is 0 Å². The van der Waals surface area contributed by atoms with Crippen LogP contribution in [-0.4, -0.2) is 28.2 Å². The van der Waals surface area contributed by atoms with Gasteiger partial charge in [-0.05, 0) is 32.6 Å². The number of aryl methyl sites for hydroxylation is 2. The minimum Gasteiger partial charge on any atom is -0.481 e. The molecule has 0 radical (unpaired) electrons. The molecule has 1 N–H and O–H groups in total. The Morgan fingerprint density at radius 3 is 2.47 bits per heavy atom. The van der Waals surface area contributed by atoms with E-state index in [9.17, 15) is 9.90 Å². The minimum atomic E-state index is -0.805. The van der Waals surface area contributed by atoms with E-state index in [-0.39, 0.29) is 5.92 Å². The fourth-order valence-electron chi connectivity index (χ4n) is 3.06. The van der Waals surface area contributed by atoms with E-state index in [1.165, 1.54) is 7.11 Å². The van der Waals surface area contributed by atoms with Crippen LogP contribution in [0.3, 0.4) is 0 Å². The van der Waals surface area contributed by atoms with Crippen LogP contribution < -0.4 is 4.74 Å². The number of aliphatic carboxylic acids is 1. The summed E-state index contributed by atoms with van der Waals surface area (Å²) >= 11 is 0. The third kappa shape index (κ3) is 2.69. The summed E-state index contributed by atoms with van der Waals surface area (Å²) in [6, 6.07) is 0. The summed E-state index contributed by atoms with van der Waals surface area (Å²) in [7, 11) is 1.53. The number of hydrogen-bond donors (Lipinski definition) is 1. The van der Waals surface area contributed by atoms with Crippen molar-refractivity contribution in [1.82, 2.24) is 9.97 Å². The molecule has 1 aliphatic rings. The Hall–Kier alpha value is -1.65. The zero-order valence-corrected chi connectivity index (χ0v) is 11.6. The van der Waals surface area contributed by atoms with Crippen LogP contribution in [0.5, 0.6) is 5.88 Å². The first-order chi connectivity index (χ1) is 9.04. The highest BCUT2D eigenvalue weighted by Gasteiger charge is 2.36. The van der Waals surface area contributed by atoms with E-state index in [2.05, 4.69) is 9.97 Å². The number of aromatic nitrogens is 2. The summed E-state index contributed by atoms with van der Waals surface area (Å²) < 4.78 is 5.28. The Labute approximate surface area is 113 Å². The van der Waals surface area contributed by atoms with Crippen molar-refractivity contribution >= 4 is 5.97 Å². The highest BCUT2D eigenvalue weighted by atomic mass is 16.5. The molecule has 1 heterocycles. The van der Waals surface area contributed by atoms with Crippen molar-refractivity contribution in [2.24, 2.45) is 5.92 Å². The Morgan fingerprint density at radius 1 is 1.32 bits per heavy atom. The highest BCUT2D eigenvalue weighted by Crippen LogP contribution is 2.41. The Bertz CT molecular complexity index is 482. The maximum atomic E-state index is 11.7. The van der Waals surface area contributed by atoms with Crippen LogP contribution >= 0.6 is 0 Å². The molecule has 1 aromatic rings. The van der Waals surface area contributed by atoms with Gasteiger partial charge in [-0.2, -0.15) is 4.98 Å². The number of carbonyl (C=O) groups is 1. The van der Waals surface area contributed by atoms with E-state index >= 15 is 0 Å². The number of hydrogen-bond acceptors (Lipinski definition) is 4. The molecule has 0 saturated heterocycles. The van der Waals surface area contributed by atoms with E-state index in [1.54, 1.807) is 6.92 Å². The van der Waals surface area contributed by atoms with Crippen LogP contribution in [0, 0.1) is 19.8 Å². The normalized spacial score (nSPS) is 17.4. The fraction of sp³-hybridized carbons (Fsp3) is 0.643. The molecular formula is C14H20N2O3. The van der Waals surface area contributed by atoms with Gasteiger partial charge in [-0.25, -0.2) is 4.98 Å². The number of methoxy groups -OCH3 is 1. The molecule has 0 bridgehead atoms. The number of carboxylic acids is 1. The molecule has 1 fully saturated rings. The van der Waals surface area contributed by atoms with Gasteiger partial charge in [0.25, 0.3) is 0 Å². The number of nitrogens with zero attached hydrogens (tertiary/aromatic N) is 2. The summed E-state index contributed by atoms with van der Waals surface area (Å²) in [6.45, 7) is 3.61. The topological polar surface area (TPSA) is 72.3 Å². The molecule has 0 amide bonds. The monoisotopic (exact) mass is 264 g/mol.